The number of thioether (sulfide) groups is 1. The summed E-state index contributed by atoms with van der Waals surface area (Å²) in [6.45, 7) is 5.15. The Morgan fingerprint density at radius 2 is 2.22 bits per heavy atom. The van der Waals surface area contributed by atoms with Crippen LogP contribution in [0, 0.1) is 0 Å². The van der Waals surface area contributed by atoms with Crippen LogP contribution in [-0.4, -0.2) is 28.4 Å². The standard InChI is InChI=1S/C20H24N4O2S/c1-3-26-13-14-7-8-17(22-12-14)18(25)23-16-6-4-5-15(11-16)20(2)9-10-27-19(21)24-20/h4-8,11-12H,3,9-10,13H2,1-2H3,(H2,21,24)(H,23,25). The van der Waals surface area contributed by atoms with Crippen LogP contribution >= 0.6 is 11.8 Å². The minimum absolute atomic E-state index is 0.248. The van der Waals surface area contributed by atoms with Gasteiger partial charge in [0.25, 0.3) is 5.91 Å². The molecule has 0 bridgehead atoms. The Kier molecular flexibility index (Phi) is 6.13. The average Bonchev–Trinajstić information content (AvgIpc) is 2.67. The van der Waals surface area contributed by atoms with Crippen molar-refractivity contribution >= 4 is 28.5 Å². The summed E-state index contributed by atoms with van der Waals surface area (Å²) in [6, 6.07) is 11.3. The predicted octanol–water partition coefficient (Wildman–Crippen LogP) is 3.54. The molecule has 1 aromatic heterocycles. The second-order valence-electron chi connectivity index (χ2n) is 6.55. The molecule has 2 heterocycles. The van der Waals surface area contributed by atoms with Gasteiger partial charge in [0.05, 0.1) is 12.1 Å². The number of hydrogen-bond acceptors (Lipinski definition) is 6. The van der Waals surface area contributed by atoms with Crippen molar-refractivity contribution in [2.24, 2.45) is 10.7 Å². The number of nitrogens with one attached hydrogen (secondary N) is 1. The molecular formula is C20H24N4O2S. The zero-order valence-electron chi connectivity index (χ0n) is 15.6. The summed E-state index contributed by atoms with van der Waals surface area (Å²) in [5.41, 5.74) is 8.59. The Morgan fingerprint density at radius 3 is 2.93 bits per heavy atom. The molecule has 2 aromatic rings. The monoisotopic (exact) mass is 384 g/mol. The van der Waals surface area contributed by atoms with E-state index >= 15 is 0 Å². The van der Waals surface area contributed by atoms with Crippen LogP contribution in [0.15, 0.2) is 47.6 Å². The van der Waals surface area contributed by atoms with Crippen molar-refractivity contribution < 1.29 is 9.53 Å². The number of nitrogens with zero attached hydrogens (tertiary/aromatic N) is 2. The molecule has 1 amide bonds. The van der Waals surface area contributed by atoms with Gasteiger partial charge in [0.2, 0.25) is 0 Å². The minimum atomic E-state index is -0.366. The molecule has 1 aliphatic heterocycles. The number of hydrogen-bond donors (Lipinski definition) is 2. The molecule has 0 spiro atoms. The van der Waals surface area contributed by atoms with Crippen LogP contribution in [0.25, 0.3) is 0 Å². The van der Waals surface area contributed by atoms with Crippen LogP contribution in [-0.2, 0) is 16.9 Å². The van der Waals surface area contributed by atoms with E-state index in [4.69, 9.17) is 10.5 Å². The predicted molar refractivity (Wildman–Crippen MR) is 110 cm³/mol. The lowest BCUT2D eigenvalue weighted by atomic mass is 9.89. The normalized spacial score (nSPS) is 19.4. The number of rotatable bonds is 6. The molecule has 1 aliphatic rings. The lowest BCUT2D eigenvalue weighted by molar-refractivity contribution is 0.102. The van der Waals surface area contributed by atoms with Crippen molar-refractivity contribution in [3.05, 3.63) is 59.4 Å². The highest BCUT2D eigenvalue weighted by Gasteiger charge is 2.29. The number of amides is 1. The van der Waals surface area contributed by atoms with Crippen LogP contribution in [0.5, 0.6) is 0 Å². The number of ether oxygens (including phenoxy) is 1. The number of amidine groups is 1. The Balaban J connectivity index is 1.72. The third kappa shape index (κ3) is 4.87. The zero-order chi connectivity index (χ0) is 19.3. The van der Waals surface area contributed by atoms with Crippen molar-refractivity contribution in [3.63, 3.8) is 0 Å². The van der Waals surface area contributed by atoms with Gasteiger partial charge in [0.15, 0.2) is 5.17 Å². The van der Waals surface area contributed by atoms with Gasteiger partial charge >= 0.3 is 0 Å². The molecule has 0 fully saturated rings. The molecule has 0 aliphatic carbocycles. The number of pyridine rings is 1. The Hall–Kier alpha value is -2.38. The SMILES string of the molecule is CCOCc1ccc(C(=O)Nc2cccc(C3(C)CCSC(N)=N3)c2)nc1. The van der Waals surface area contributed by atoms with Crippen molar-refractivity contribution in [2.75, 3.05) is 17.7 Å². The second-order valence-corrected chi connectivity index (χ2v) is 7.66. The molecule has 3 rings (SSSR count). The smallest absolute Gasteiger partial charge is 0.274 e. The fraction of sp³-hybridized carbons (Fsp3) is 0.350. The van der Waals surface area contributed by atoms with E-state index in [0.29, 0.717) is 29.8 Å². The number of anilines is 1. The Labute approximate surface area is 163 Å². The lowest BCUT2D eigenvalue weighted by Gasteiger charge is -2.30. The van der Waals surface area contributed by atoms with Crippen LogP contribution in [0.1, 0.15) is 41.9 Å². The summed E-state index contributed by atoms with van der Waals surface area (Å²) in [5, 5.41) is 3.52. The van der Waals surface area contributed by atoms with Gasteiger partial charge < -0.3 is 15.8 Å². The second kappa shape index (κ2) is 8.54. The van der Waals surface area contributed by atoms with Gasteiger partial charge in [-0.25, -0.2) is 0 Å². The highest BCUT2D eigenvalue weighted by molar-refractivity contribution is 8.13. The molecule has 3 N–H and O–H groups in total. The maximum atomic E-state index is 12.5. The van der Waals surface area contributed by atoms with E-state index < -0.39 is 0 Å². The molecule has 0 radical (unpaired) electrons. The largest absolute Gasteiger partial charge is 0.379 e. The highest BCUT2D eigenvalue weighted by Crippen LogP contribution is 2.35. The number of carbonyl (C=O) groups is 1. The first kappa shape index (κ1) is 19.4. The number of benzene rings is 1. The maximum Gasteiger partial charge on any atom is 0.274 e. The van der Waals surface area contributed by atoms with Gasteiger partial charge in [-0.3, -0.25) is 14.8 Å². The molecule has 1 atom stereocenters. The van der Waals surface area contributed by atoms with E-state index in [1.165, 1.54) is 0 Å². The molecule has 1 unspecified atom stereocenters. The Bertz CT molecular complexity index is 838. The number of aliphatic imine (C=N–C) groups is 1. The maximum absolute atomic E-state index is 12.5. The molecule has 6 nitrogen and oxygen atoms in total. The first-order valence-corrected chi connectivity index (χ1v) is 9.91. The molecule has 7 heteroatoms. The van der Waals surface area contributed by atoms with Crippen LogP contribution < -0.4 is 11.1 Å². The average molecular weight is 385 g/mol. The fourth-order valence-electron chi connectivity index (χ4n) is 2.89. The van der Waals surface area contributed by atoms with Gasteiger partial charge in [-0.2, -0.15) is 0 Å². The van der Waals surface area contributed by atoms with Gasteiger partial charge in [0.1, 0.15) is 5.69 Å². The van der Waals surface area contributed by atoms with E-state index in [1.807, 2.05) is 37.3 Å². The van der Waals surface area contributed by atoms with Crippen molar-refractivity contribution in [3.8, 4) is 0 Å². The topological polar surface area (TPSA) is 89.6 Å². The van der Waals surface area contributed by atoms with E-state index in [9.17, 15) is 4.79 Å². The molecule has 1 aromatic carbocycles. The van der Waals surface area contributed by atoms with E-state index in [2.05, 4.69) is 22.2 Å². The number of nitrogens with two attached hydrogens (primary N) is 1. The van der Waals surface area contributed by atoms with Gasteiger partial charge in [-0.05, 0) is 49.6 Å². The van der Waals surface area contributed by atoms with Gasteiger partial charge in [-0.1, -0.05) is 30.0 Å². The summed E-state index contributed by atoms with van der Waals surface area (Å²) in [4.78, 5) is 21.4. The molecular weight excluding hydrogens is 360 g/mol. The molecule has 0 saturated heterocycles. The van der Waals surface area contributed by atoms with Crippen molar-refractivity contribution in [1.82, 2.24) is 4.98 Å². The highest BCUT2D eigenvalue weighted by atomic mass is 32.2. The van der Waals surface area contributed by atoms with Crippen molar-refractivity contribution in [1.29, 1.82) is 0 Å². The summed E-state index contributed by atoms with van der Waals surface area (Å²) in [6.07, 6.45) is 2.57. The van der Waals surface area contributed by atoms with Crippen LogP contribution in [0.3, 0.4) is 0 Å². The number of aromatic nitrogens is 1. The van der Waals surface area contributed by atoms with Crippen LogP contribution in [0.4, 0.5) is 5.69 Å². The molecule has 27 heavy (non-hydrogen) atoms. The zero-order valence-corrected chi connectivity index (χ0v) is 16.4. The third-order valence-electron chi connectivity index (χ3n) is 4.47. The quantitative estimate of drug-likeness (QED) is 0.795. The van der Waals surface area contributed by atoms with Crippen LogP contribution in [0.2, 0.25) is 0 Å². The molecule has 142 valence electrons. The minimum Gasteiger partial charge on any atom is -0.379 e. The summed E-state index contributed by atoms with van der Waals surface area (Å²) >= 11 is 1.57. The van der Waals surface area contributed by atoms with Gasteiger partial charge in [0, 0.05) is 24.2 Å². The summed E-state index contributed by atoms with van der Waals surface area (Å²) in [7, 11) is 0. The van der Waals surface area contributed by atoms with E-state index in [1.54, 1.807) is 24.0 Å². The first-order valence-electron chi connectivity index (χ1n) is 8.93. The summed E-state index contributed by atoms with van der Waals surface area (Å²) in [5.74, 6) is 0.683. The van der Waals surface area contributed by atoms with E-state index in [0.717, 1.165) is 23.3 Å². The van der Waals surface area contributed by atoms with Crippen molar-refractivity contribution in [2.45, 2.75) is 32.4 Å². The van der Waals surface area contributed by atoms with Gasteiger partial charge in [-0.15, -0.1) is 0 Å². The van der Waals surface area contributed by atoms with E-state index in [-0.39, 0.29) is 11.4 Å². The first-order chi connectivity index (χ1) is 13.0. The fourth-order valence-corrected chi connectivity index (χ4v) is 3.86. The molecule has 0 saturated carbocycles. The Morgan fingerprint density at radius 1 is 1.37 bits per heavy atom. The third-order valence-corrected chi connectivity index (χ3v) is 5.26. The number of carbonyl (C=O) groups excluding carboxylic acids is 1. The summed E-state index contributed by atoms with van der Waals surface area (Å²) < 4.78 is 5.34. The lowest BCUT2D eigenvalue weighted by Crippen LogP contribution is -2.28.